The molecule has 0 bridgehead atoms. The van der Waals surface area contributed by atoms with Gasteiger partial charge in [0.15, 0.2) is 0 Å². The standard InChI is InChI=1S/C40H75NO2/c1-4-6-8-10-12-14-16-18-20-22-24-26-28-30-32-34-36-42-38-40(3,41)39-43-37-35-33-31-29-27-25-23-21-19-17-15-13-11-9-7-5-2/h12-15,18-21H,4-11,16-17,22-39,41H2,1-3H3/b14-12-,15-13?,20-18-,21-19-. The van der Waals surface area contributed by atoms with E-state index in [1.165, 1.54) is 128 Å². The molecule has 3 nitrogen and oxygen atoms in total. The van der Waals surface area contributed by atoms with Crippen LogP contribution in [0.5, 0.6) is 0 Å². The van der Waals surface area contributed by atoms with Gasteiger partial charge in [-0.3, -0.25) is 0 Å². The zero-order chi connectivity index (χ0) is 31.4. The van der Waals surface area contributed by atoms with Crippen molar-refractivity contribution in [3.05, 3.63) is 48.6 Å². The lowest BCUT2D eigenvalue weighted by Gasteiger charge is -2.24. The summed E-state index contributed by atoms with van der Waals surface area (Å²) in [4.78, 5) is 0. The highest BCUT2D eigenvalue weighted by Gasteiger charge is 2.18. The van der Waals surface area contributed by atoms with E-state index in [9.17, 15) is 0 Å². The van der Waals surface area contributed by atoms with Crippen LogP contribution >= 0.6 is 0 Å². The highest BCUT2D eigenvalue weighted by molar-refractivity contribution is 4.93. The normalized spacial score (nSPS) is 13.9. The van der Waals surface area contributed by atoms with Gasteiger partial charge in [-0.05, 0) is 84.0 Å². The largest absolute Gasteiger partial charge is 0.379 e. The van der Waals surface area contributed by atoms with E-state index in [1.807, 2.05) is 6.92 Å². The van der Waals surface area contributed by atoms with Gasteiger partial charge in [-0.1, -0.05) is 140 Å². The minimum absolute atomic E-state index is 0.392. The Kier molecular flexibility index (Phi) is 34.4. The SMILES string of the molecule is CCCCCC=CC/C=C\CCCCCCCCOCC(C)(N)COCCCCCCCC/C=C\C/C=C\CCCCC. The second-order valence-electron chi connectivity index (χ2n) is 12.9. The molecule has 2 N–H and O–H groups in total. The summed E-state index contributed by atoms with van der Waals surface area (Å²) in [6, 6.07) is 0. The van der Waals surface area contributed by atoms with E-state index < -0.39 is 5.54 Å². The molecule has 0 saturated heterocycles. The van der Waals surface area contributed by atoms with Crippen molar-refractivity contribution in [3.8, 4) is 0 Å². The monoisotopic (exact) mass is 602 g/mol. The third-order valence-electron chi connectivity index (χ3n) is 7.84. The molecule has 0 amide bonds. The van der Waals surface area contributed by atoms with Gasteiger partial charge in [0.05, 0.1) is 18.8 Å². The van der Waals surface area contributed by atoms with E-state index >= 15 is 0 Å². The van der Waals surface area contributed by atoms with Crippen molar-refractivity contribution in [2.24, 2.45) is 5.73 Å². The Morgan fingerprint density at radius 1 is 0.419 bits per heavy atom. The van der Waals surface area contributed by atoms with Crippen LogP contribution in [0.15, 0.2) is 48.6 Å². The van der Waals surface area contributed by atoms with Gasteiger partial charge < -0.3 is 15.2 Å². The van der Waals surface area contributed by atoms with Crippen LogP contribution in [0, 0.1) is 0 Å². The number of hydrogen-bond donors (Lipinski definition) is 1. The van der Waals surface area contributed by atoms with Crippen LogP contribution in [0.1, 0.15) is 175 Å². The number of unbranched alkanes of at least 4 members (excludes halogenated alkanes) is 18. The van der Waals surface area contributed by atoms with Gasteiger partial charge in [-0.25, -0.2) is 0 Å². The maximum atomic E-state index is 6.39. The van der Waals surface area contributed by atoms with Gasteiger partial charge in [0, 0.05) is 13.2 Å². The fourth-order valence-electron chi connectivity index (χ4n) is 5.04. The Balaban J connectivity index is 3.38. The second kappa shape index (κ2) is 35.3. The molecular weight excluding hydrogens is 526 g/mol. The predicted molar refractivity (Wildman–Crippen MR) is 193 cm³/mol. The van der Waals surface area contributed by atoms with Crippen molar-refractivity contribution in [3.63, 3.8) is 0 Å². The summed E-state index contributed by atoms with van der Waals surface area (Å²) in [5.74, 6) is 0. The van der Waals surface area contributed by atoms with Crippen LogP contribution in [0.25, 0.3) is 0 Å². The average molecular weight is 602 g/mol. The number of rotatable bonds is 34. The van der Waals surface area contributed by atoms with Crippen molar-refractivity contribution < 1.29 is 9.47 Å². The Hall–Kier alpha value is -1.16. The molecule has 0 aliphatic rings. The zero-order valence-corrected chi connectivity index (χ0v) is 29.3. The molecule has 0 aromatic rings. The number of hydrogen-bond acceptors (Lipinski definition) is 3. The summed E-state index contributed by atoms with van der Waals surface area (Å²) in [6.07, 6.45) is 49.1. The van der Waals surface area contributed by atoms with Crippen LogP contribution in [0.4, 0.5) is 0 Å². The maximum absolute atomic E-state index is 6.39. The molecule has 43 heavy (non-hydrogen) atoms. The lowest BCUT2D eigenvalue weighted by atomic mass is 10.1. The summed E-state index contributed by atoms with van der Waals surface area (Å²) in [5, 5.41) is 0. The van der Waals surface area contributed by atoms with Gasteiger partial charge in [-0.2, -0.15) is 0 Å². The van der Waals surface area contributed by atoms with E-state index in [0.29, 0.717) is 13.2 Å². The summed E-state index contributed by atoms with van der Waals surface area (Å²) in [6.45, 7) is 9.35. The lowest BCUT2D eigenvalue weighted by molar-refractivity contribution is 0.0277. The molecule has 1 atom stereocenters. The highest BCUT2D eigenvalue weighted by atomic mass is 16.5. The fourth-order valence-corrected chi connectivity index (χ4v) is 5.04. The van der Waals surface area contributed by atoms with Crippen LogP contribution < -0.4 is 5.73 Å². The highest BCUT2D eigenvalue weighted by Crippen LogP contribution is 2.11. The summed E-state index contributed by atoms with van der Waals surface area (Å²) in [7, 11) is 0. The zero-order valence-electron chi connectivity index (χ0n) is 29.3. The first-order valence-corrected chi connectivity index (χ1v) is 18.7. The van der Waals surface area contributed by atoms with Crippen molar-refractivity contribution in [2.75, 3.05) is 26.4 Å². The summed E-state index contributed by atoms with van der Waals surface area (Å²) < 4.78 is 11.8. The smallest absolute Gasteiger partial charge is 0.0666 e. The molecule has 0 radical (unpaired) electrons. The number of allylic oxidation sites excluding steroid dienone is 8. The minimum atomic E-state index is -0.392. The summed E-state index contributed by atoms with van der Waals surface area (Å²) in [5.41, 5.74) is 6.00. The predicted octanol–water partition coefficient (Wildman–Crippen LogP) is 12.4. The van der Waals surface area contributed by atoms with Crippen LogP contribution in [-0.4, -0.2) is 32.0 Å². The first kappa shape index (κ1) is 41.8. The minimum Gasteiger partial charge on any atom is -0.379 e. The second-order valence-corrected chi connectivity index (χ2v) is 12.9. The van der Waals surface area contributed by atoms with E-state index in [2.05, 4.69) is 62.5 Å². The van der Waals surface area contributed by atoms with Crippen LogP contribution in [-0.2, 0) is 9.47 Å². The van der Waals surface area contributed by atoms with Crippen LogP contribution in [0.2, 0.25) is 0 Å². The molecule has 0 aliphatic heterocycles. The maximum Gasteiger partial charge on any atom is 0.0666 e. The quantitative estimate of drug-likeness (QED) is 0.0589. The molecule has 0 saturated carbocycles. The van der Waals surface area contributed by atoms with Gasteiger partial charge in [-0.15, -0.1) is 0 Å². The molecule has 0 aliphatic carbocycles. The molecule has 0 rings (SSSR count). The van der Waals surface area contributed by atoms with E-state index in [0.717, 1.165) is 38.9 Å². The van der Waals surface area contributed by atoms with E-state index in [1.54, 1.807) is 0 Å². The molecule has 1 unspecified atom stereocenters. The van der Waals surface area contributed by atoms with Crippen molar-refractivity contribution in [2.45, 2.75) is 180 Å². The average Bonchev–Trinajstić information content (AvgIpc) is 3.00. The lowest BCUT2D eigenvalue weighted by Crippen LogP contribution is -2.46. The molecule has 0 spiro atoms. The summed E-state index contributed by atoms with van der Waals surface area (Å²) >= 11 is 0. The Bertz CT molecular complexity index is 595. The molecular formula is C40H75NO2. The third kappa shape index (κ3) is 36.9. The topological polar surface area (TPSA) is 44.5 Å². The van der Waals surface area contributed by atoms with Crippen molar-refractivity contribution in [1.82, 2.24) is 0 Å². The Labute approximate surface area is 270 Å². The molecule has 0 fully saturated rings. The molecule has 3 heteroatoms. The van der Waals surface area contributed by atoms with Gasteiger partial charge in [0.1, 0.15) is 0 Å². The van der Waals surface area contributed by atoms with E-state index in [-0.39, 0.29) is 0 Å². The fraction of sp³-hybridized carbons (Fsp3) is 0.800. The van der Waals surface area contributed by atoms with Gasteiger partial charge in [0.2, 0.25) is 0 Å². The molecule has 252 valence electrons. The van der Waals surface area contributed by atoms with Gasteiger partial charge >= 0.3 is 0 Å². The van der Waals surface area contributed by atoms with Crippen LogP contribution in [0.3, 0.4) is 0 Å². The first-order valence-electron chi connectivity index (χ1n) is 18.7. The Morgan fingerprint density at radius 2 is 0.721 bits per heavy atom. The number of nitrogens with two attached hydrogens (primary N) is 1. The number of ether oxygens (including phenoxy) is 2. The Morgan fingerprint density at radius 3 is 1.07 bits per heavy atom. The van der Waals surface area contributed by atoms with Crippen molar-refractivity contribution >= 4 is 0 Å². The van der Waals surface area contributed by atoms with Gasteiger partial charge in [0.25, 0.3) is 0 Å². The molecule has 0 heterocycles. The van der Waals surface area contributed by atoms with Crippen molar-refractivity contribution in [1.29, 1.82) is 0 Å². The third-order valence-corrected chi connectivity index (χ3v) is 7.84. The van der Waals surface area contributed by atoms with E-state index in [4.69, 9.17) is 15.2 Å². The molecule has 0 aromatic heterocycles. The first-order chi connectivity index (χ1) is 21.1. The molecule has 0 aromatic carbocycles.